The third-order valence-electron chi connectivity index (χ3n) is 2.30. The first-order valence-electron chi connectivity index (χ1n) is 5.45. The quantitative estimate of drug-likeness (QED) is 0.784. The summed E-state index contributed by atoms with van der Waals surface area (Å²) in [6.45, 7) is 4.75. The smallest absolute Gasteiger partial charge is 0.219 e. The monoisotopic (exact) mass is 251 g/mol. The van der Waals surface area contributed by atoms with Gasteiger partial charge in [-0.25, -0.2) is 4.98 Å². The molecule has 2 heterocycles. The molecule has 5 heteroatoms. The molecule has 0 aromatic carbocycles. The van der Waals surface area contributed by atoms with Crippen molar-refractivity contribution in [2.45, 2.75) is 26.3 Å². The van der Waals surface area contributed by atoms with Crippen LogP contribution < -0.4 is 4.74 Å². The van der Waals surface area contributed by atoms with Crippen molar-refractivity contribution in [3.63, 3.8) is 0 Å². The number of alkyl halides is 1. The molecule has 90 valence electrons. The second-order valence-electron chi connectivity index (χ2n) is 3.72. The summed E-state index contributed by atoms with van der Waals surface area (Å²) in [4.78, 5) is 4.29. The van der Waals surface area contributed by atoms with Crippen LogP contribution in [0.4, 0.5) is 0 Å². The molecular formula is C12H14ClN3O. The fraction of sp³-hybridized carbons (Fsp3) is 0.333. The normalized spacial score (nSPS) is 10.5. The predicted octanol–water partition coefficient (Wildman–Crippen LogP) is 3.14. The molecule has 0 aliphatic rings. The Hall–Kier alpha value is -1.55. The van der Waals surface area contributed by atoms with Gasteiger partial charge >= 0.3 is 0 Å². The highest BCUT2D eigenvalue weighted by molar-refractivity contribution is 6.17. The minimum absolute atomic E-state index is 0.452. The van der Waals surface area contributed by atoms with Crippen LogP contribution >= 0.6 is 11.6 Å². The van der Waals surface area contributed by atoms with Gasteiger partial charge in [0, 0.05) is 24.2 Å². The lowest BCUT2D eigenvalue weighted by molar-refractivity contribution is 0.460. The summed E-state index contributed by atoms with van der Waals surface area (Å²) in [6.07, 6.45) is 3.51. The lowest BCUT2D eigenvalue weighted by Gasteiger charge is -2.04. The molecule has 0 bridgehead atoms. The first-order valence-corrected chi connectivity index (χ1v) is 5.98. The average Bonchev–Trinajstić information content (AvgIpc) is 2.76. The third kappa shape index (κ3) is 2.97. The van der Waals surface area contributed by atoms with Gasteiger partial charge in [-0.1, -0.05) is 0 Å². The third-order valence-corrected chi connectivity index (χ3v) is 2.61. The van der Waals surface area contributed by atoms with Gasteiger partial charge in [-0.2, -0.15) is 5.10 Å². The summed E-state index contributed by atoms with van der Waals surface area (Å²) in [5, 5.41) is 4.13. The van der Waals surface area contributed by atoms with Crippen molar-refractivity contribution in [2.24, 2.45) is 0 Å². The van der Waals surface area contributed by atoms with E-state index in [0.717, 1.165) is 17.8 Å². The summed E-state index contributed by atoms with van der Waals surface area (Å²) >= 11 is 5.80. The zero-order chi connectivity index (χ0) is 12.3. The van der Waals surface area contributed by atoms with Gasteiger partial charge in [0.15, 0.2) is 5.75 Å². The molecule has 2 aromatic rings. The topological polar surface area (TPSA) is 39.9 Å². The van der Waals surface area contributed by atoms with Crippen molar-refractivity contribution in [3.05, 3.63) is 35.8 Å². The highest BCUT2D eigenvalue weighted by Gasteiger charge is 2.04. The van der Waals surface area contributed by atoms with Crippen LogP contribution in [0.5, 0.6) is 11.6 Å². The van der Waals surface area contributed by atoms with Crippen LogP contribution in [0.25, 0.3) is 0 Å². The average molecular weight is 252 g/mol. The van der Waals surface area contributed by atoms with E-state index in [9.17, 15) is 0 Å². The van der Waals surface area contributed by atoms with Crippen molar-refractivity contribution >= 4 is 11.6 Å². The van der Waals surface area contributed by atoms with E-state index in [-0.39, 0.29) is 0 Å². The fourth-order valence-electron chi connectivity index (χ4n) is 1.53. The predicted molar refractivity (Wildman–Crippen MR) is 66.5 cm³/mol. The lowest BCUT2D eigenvalue weighted by Crippen LogP contribution is -1.93. The van der Waals surface area contributed by atoms with Crippen LogP contribution in [-0.2, 0) is 12.4 Å². The number of pyridine rings is 1. The van der Waals surface area contributed by atoms with Gasteiger partial charge in [0.25, 0.3) is 0 Å². The van der Waals surface area contributed by atoms with E-state index < -0.39 is 0 Å². The largest absolute Gasteiger partial charge is 0.436 e. The molecule has 0 N–H and O–H groups in total. The Morgan fingerprint density at radius 3 is 2.88 bits per heavy atom. The Morgan fingerprint density at radius 2 is 2.24 bits per heavy atom. The molecule has 0 spiro atoms. The van der Waals surface area contributed by atoms with Crippen LogP contribution in [0.3, 0.4) is 0 Å². The van der Waals surface area contributed by atoms with Crippen molar-refractivity contribution in [3.8, 4) is 11.6 Å². The van der Waals surface area contributed by atoms with Gasteiger partial charge in [0.2, 0.25) is 5.88 Å². The number of rotatable bonds is 4. The molecule has 0 aliphatic carbocycles. The maximum atomic E-state index is 5.80. The molecule has 0 radical (unpaired) electrons. The van der Waals surface area contributed by atoms with Crippen LogP contribution in [0.1, 0.15) is 18.2 Å². The molecule has 0 amide bonds. The van der Waals surface area contributed by atoms with Gasteiger partial charge in [-0.15, -0.1) is 11.6 Å². The van der Waals surface area contributed by atoms with E-state index in [0.29, 0.717) is 17.5 Å². The molecule has 0 saturated carbocycles. The minimum Gasteiger partial charge on any atom is -0.436 e. The van der Waals surface area contributed by atoms with E-state index in [2.05, 4.69) is 10.1 Å². The van der Waals surface area contributed by atoms with Crippen LogP contribution in [0.15, 0.2) is 24.5 Å². The van der Waals surface area contributed by atoms with E-state index >= 15 is 0 Å². The molecule has 2 aromatic heterocycles. The number of aryl methyl sites for hydroxylation is 2. The van der Waals surface area contributed by atoms with E-state index in [1.807, 2.05) is 32.2 Å². The lowest BCUT2D eigenvalue weighted by atomic mass is 10.2. The van der Waals surface area contributed by atoms with E-state index in [4.69, 9.17) is 16.3 Å². The molecule has 17 heavy (non-hydrogen) atoms. The van der Waals surface area contributed by atoms with Gasteiger partial charge in [-0.3, -0.25) is 4.68 Å². The second-order valence-corrected chi connectivity index (χ2v) is 3.99. The number of aromatic nitrogens is 3. The molecule has 0 saturated heterocycles. The summed E-state index contributed by atoms with van der Waals surface area (Å²) in [7, 11) is 0. The molecule has 0 aliphatic heterocycles. The minimum atomic E-state index is 0.452. The summed E-state index contributed by atoms with van der Waals surface area (Å²) in [6, 6.07) is 3.78. The van der Waals surface area contributed by atoms with Crippen LogP contribution in [0.2, 0.25) is 0 Å². The number of halogens is 1. The fourth-order valence-corrected chi connectivity index (χ4v) is 1.68. The summed E-state index contributed by atoms with van der Waals surface area (Å²) in [5.74, 6) is 1.69. The summed E-state index contributed by atoms with van der Waals surface area (Å²) < 4.78 is 7.43. The first kappa shape index (κ1) is 11.9. The van der Waals surface area contributed by atoms with Crippen LogP contribution in [-0.4, -0.2) is 14.8 Å². The first-order chi connectivity index (χ1) is 8.21. The second kappa shape index (κ2) is 5.19. The Morgan fingerprint density at radius 1 is 1.41 bits per heavy atom. The van der Waals surface area contributed by atoms with Gasteiger partial charge in [0.1, 0.15) is 0 Å². The number of nitrogens with zero attached hydrogens (tertiary/aromatic N) is 3. The maximum absolute atomic E-state index is 5.80. The zero-order valence-electron chi connectivity index (χ0n) is 9.85. The van der Waals surface area contributed by atoms with Crippen molar-refractivity contribution in [1.82, 2.24) is 14.8 Å². The van der Waals surface area contributed by atoms with Gasteiger partial charge in [0.05, 0.1) is 12.4 Å². The number of ether oxygens (including phenoxy) is 1. The summed E-state index contributed by atoms with van der Waals surface area (Å²) in [5.41, 5.74) is 1.89. The van der Waals surface area contributed by atoms with Crippen LogP contribution in [0, 0.1) is 6.92 Å². The maximum Gasteiger partial charge on any atom is 0.219 e. The molecule has 4 nitrogen and oxygen atoms in total. The van der Waals surface area contributed by atoms with E-state index in [1.54, 1.807) is 10.9 Å². The van der Waals surface area contributed by atoms with E-state index in [1.165, 1.54) is 0 Å². The molecule has 2 rings (SSSR count). The molecule has 0 fully saturated rings. The molecular weight excluding hydrogens is 238 g/mol. The Bertz CT molecular complexity index is 510. The molecule has 0 atom stereocenters. The van der Waals surface area contributed by atoms with Crippen molar-refractivity contribution in [1.29, 1.82) is 0 Å². The standard InChI is InChI=1S/C12H14ClN3O/c1-3-16-8-11(7-14-16)17-12-5-10(6-13)4-9(2)15-12/h4-5,7-8H,3,6H2,1-2H3. The van der Waals surface area contributed by atoms with Gasteiger partial charge in [-0.05, 0) is 25.5 Å². The number of hydrogen-bond donors (Lipinski definition) is 0. The highest BCUT2D eigenvalue weighted by atomic mass is 35.5. The van der Waals surface area contributed by atoms with Gasteiger partial charge < -0.3 is 4.74 Å². The van der Waals surface area contributed by atoms with Crippen molar-refractivity contribution < 1.29 is 4.74 Å². The Balaban J connectivity index is 2.20. The SMILES string of the molecule is CCn1cc(Oc2cc(CCl)cc(C)n2)cn1. The molecule has 0 unspecified atom stereocenters. The zero-order valence-corrected chi connectivity index (χ0v) is 10.6. The number of hydrogen-bond acceptors (Lipinski definition) is 3. The Labute approximate surface area is 105 Å². The Kier molecular flexibility index (Phi) is 3.64. The highest BCUT2D eigenvalue weighted by Crippen LogP contribution is 2.21. The van der Waals surface area contributed by atoms with Crippen molar-refractivity contribution in [2.75, 3.05) is 0 Å².